The second kappa shape index (κ2) is 7.72. The molecule has 0 spiro atoms. The number of halogens is 3. The van der Waals surface area contributed by atoms with E-state index in [1.807, 2.05) is 19.2 Å². The van der Waals surface area contributed by atoms with Gasteiger partial charge in [0, 0.05) is 28.8 Å². The van der Waals surface area contributed by atoms with E-state index >= 15 is 0 Å². The second-order valence-corrected chi connectivity index (χ2v) is 5.65. The SMILES string of the molecule is CC(N)C(Cc1ccc(F)cc1)c1cncc(Br)c1.Cl. The minimum atomic E-state index is -0.217. The molecule has 2 rings (SSSR count). The zero-order valence-electron chi connectivity index (χ0n) is 11.1. The molecule has 0 radical (unpaired) electrons. The van der Waals surface area contributed by atoms with Gasteiger partial charge in [0.1, 0.15) is 5.82 Å². The van der Waals surface area contributed by atoms with Crippen molar-refractivity contribution in [2.24, 2.45) is 5.73 Å². The third-order valence-corrected chi connectivity index (χ3v) is 3.59. The van der Waals surface area contributed by atoms with Gasteiger partial charge in [0.2, 0.25) is 0 Å². The zero-order chi connectivity index (χ0) is 13.8. The molecular weight excluding hydrogens is 343 g/mol. The lowest BCUT2D eigenvalue weighted by atomic mass is 9.88. The molecule has 1 heterocycles. The molecule has 0 bridgehead atoms. The van der Waals surface area contributed by atoms with Gasteiger partial charge in [0.05, 0.1) is 0 Å². The molecule has 0 saturated carbocycles. The molecule has 2 nitrogen and oxygen atoms in total. The Morgan fingerprint density at radius 2 is 1.90 bits per heavy atom. The van der Waals surface area contributed by atoms with E-state index < -0.39 is 0 Å². The average Bonchev–Trinajstić information content (AvgIpc) is 2.37. The predicted octanol–water partition coefficient (Wildman–Crippen LogP) is 4.08. The van der Waals surface area contributed by atoms with E-state index in [2.05, 4.69) is 20.9 Å². The third kappa shape index (κ3) is 4.54. The lowest BCUT2D eigenvalue weighted by Crippen LogP contribution is -2.26. The summed E-state index contributed by atoms with van der Waals surface area (Å²) in [5.41, 5.74) is 8.24. The first kappa shape index (κ1) is 17.1. The summed E-state index contributed by atoms with van der Waals surface area (Å²) in [6.07, 6.45) is 4.36. The van der Waals surface area contributed by atoms with Crippen molar-refractivity contribution in [1.29, 1.82) is 0 Å². The maximum atomic E-state index is 12.9. The highest BCUT2D eigenvalue weighted by Crippen LogP contribution is 2.25. The van der Waals surface area contributed by atoms with Gasteiger partial charge in [-0.25, -0.2) is 4.39 Å². The monoisotopic (exact) mass is 358 g/mol. The van der Waals surface area contributed by atoms with Crippen LogP contribution in [0.2, 0.25) is 0 Å². The van der Waals surface area contributed by atoms with Gasteiger partial charge in [-0.1, -0.05) is 12.1 Å². The van der Waals surface area contributed by atoms with E-state index in [-0.39, 0.29) is 30.2 Å². The molecule has 5 heteroatoms. The van der Waals surface area contributed by atoms with Crippen LogP contribution in [0.1, 0.15) is 24.0 Å². The van der Waals surface area contributed by atoms with Crippen LogP contribution in [0.25, 0.3) is 0 Å². The molecule has 20 heavy (non-hydrogen) atoms. The molecular formula is C15H17BrClFN2. The topological polar surface area (TPSA) is 38.9 Å². The summed E-state index contributed by atoms with van der Waals surface area (Å²) in [6, 6.07) is 8.59. The molecule has 0 aliphatic carbocycles. The molecule has 2 atom stereocenters. The number of pyridine rings is 1. The number of benzene rings is 1. The minimum absolute atomic E-state index is 0. The first-order valence-electron chi connectivity index (χ1n) is 6.16. The summed E-state index contributed by atoms with van der Waals surface area (Å²) in [6.45, 7) is 1.98. The second-order valence-electron chi connectivity index (χ2n) is 4.73. The Morgan fingerprint density at radius 3 is 2.45 bits per heavy atom. The summed E-state index contributed by atoms with van der Waals surface area (Å²) >= 11 is 3.42. The maximum absolute atomic E-state index is 12.9. The standard InChI is InChI=1S/C15H16BrFN2.ClH/c1-10(18)15(12-7-13(16)9-19-8-12)6-11-2-4-14(17)5-3-11;/h2-5,7-10,15H,6,18H2,1H3;1H. The first-order valence-corrected chi connectivity index (χ1v) is 6.96. The molecule has 0 saturated heterocycles. The van der Waals surface area contributed by atoms with Crippen LogP contribution in [0.3, 0.4) is 0 Å². The Bertz CT molecular complexity index is 546. The predicted molar refractivity (Wildman–Crippen MR) is 85.7 cm³/mol. The van der Waals surface area contributed by atoms with Crippen LogP contribution in [0.4, 0.5) is 4.39 Å². The lowest BCUT2D eigenvalue weighted by molar-refractivity contribution is 0.562. The van der Waals surface area contributed by atoms with Crippen molar-refractivity contribution in [2.75, 3.05) is 0 Å². The first-order chi connectivity index (χ1) is 9.06. The Morgan fingerprint density at radius 1 is 1.25 bits per heavy atom. The number of hydrogen-bond acceptors (Lipinski definition) is 2. The molecule has 2 aromatic rings. The van der Waals surface area contributed by atoms with Crippen LogP contribution in [0, 0.1) is 5.82 Å². The summed E-state index contributed by atoms with van der Waals surface area (Å²) < 4.78 is 13.9. The quantitative estimate of drug-likeness (QED) is 0.893. The van der Waals surface area contributed by atoms with E-state index in [1.54, 1.807) is 18.3 Å². The Balaban J connectivity index is 0.00000200. The van der Waals surface area contributed by atoms with E-state index in [0.29, 0.717) is 0 Å². The van der Waals surface area contributed by atoms with Gasteiger partial charge in [-0.15, -0.1) is 12.4 Å². The van der Waals surface area contributed by atoms with Gasteiger partial charge in [0.25, 0.3) is 0 Å². The Labute approximate surface area is 133 Å². The molecule has 0 amide bonds. The van der Waals surface area contributed by atoms with Gasteiger partial charge in [-0.05, 0) is 58.6 Å². The van der Waals surface area contributed by atoms with Crippen LogP contribution >= 0.6 is 28.3 Å². The highest BCUT2D eigenvalue weighted by atomic mass is 79.9. The van der Waals surface area contributed by atoms with Crippen molar-refractivity contribution in [3.8, 4) is 0 Å². The van der Waals surface area contributed by atoms with Gasteiger partial charge in [-0.3, -0.25) is 4.98 Å². The third-order valence-electron chi connectivity index (χ3n) is 3.16. The smallest absolute Gasteiger partial charge is 0.123 e. The van der Waals surface area contributed by atoms with E-state index in [9.17, 15) is 4.39 Å². The van der Waals surface area contributed by atoms with Gasteiger partial charge in [-0.2, -0.15) is 0 Å². The largest absolute Gasteiger partial charge is 0.327 e. The van der Waals surface area contributed by atoms with Crippen LogP contribution in [-0.2, 0) is 6.42 Å². The molecule has 108 valence electrons. The molecule has 0 aliphatic heterocycles. The summed E-state index contributed by atoms with van der Waals surface area (Å²) in [5.74, 6) is -0.0549. The van der Waals surface area contributed by atoms with Gasteiger partial charge < -0.3 is 5.73 Å². The fourth-order valence-electron chi connectivity index (χ4n) is 2.11. The normalized spacial score (nSPS) is 13.4. The number of hydrogen-bond donors (Lipinski definition) is 1. The van der Waals surface area contributed by atoms with E-state index in [1.165, 1.54) is 12.1 Å². The van der Waals surface area contributed by atoms with Crippen molar-refractivity contribution in [1.82, 2.24) is 4.98 Å². The highest BCUT2D eigenvalue weighted by Gasteiger charge is 2.17. The van der Waals surface area contributed by atoms with E-state index in [4.69, 9.17) is 5.73 Å². The number of nitrogens with zero attached hydrogens (tertiary/aromatic N) is 1. The molecule has 1 aromatic carbocycles. The summed E-state index contributed by atoms with van der Waals surface area (Å²) in [5, 5.41) is 0. The zero-order valence-corrected chi connectivity index (χ0v) is 13.5. The van der Waals surface area contributed by atoms with Crippen molar-refractivity contribution in [3.05, 3.63) is 64.1 Å². The minimum Gasteiger partial charge on any atom is -0.327 e. The Kier molecular flexibility index (Phi) is 6.59. The summed E-state index contributed by atoms with van der Waals surface area (Å²) in [7, 11) is 0. The van der Waals surface area contributed by atoms with Crippen molar-refractivity contribution >= 4 is 28.3 Å². The number of rotatable bonds is 4. The number of nitrogens with two attached hydrogens (primary N) is 1. The maximum Gasteiger partial charge on any atom is 0.123 e. The molecule has 0 aliphatic rings. The fraction of sp³-hybridized carbons (Fsp3) is 0.267. The van der Waals surface area contributed by atoms with Gasteiger partial charge >= 0.3 is 0 Å². The van der Waals surface area contributed by atoms with Crippen LogP contribution < -0.4 is 5.73 Å². The summed E-state index contributed by atoms with van der Waals surface area (Å²) in [4.78, 5) is 4.18. The lowest BCUT2D eigenvalue weighted by Gasteiger charge is -2.21. The van der Waals surface area contributed by atoms with Crippen LogP contribution in [0.5, 0.6) is 0 Å². The number of aromatic nitrogens is 1. The van der Waals surface area contributed by atoms with E-state index in [0.717, 1.165) is 22.0 Å². The highest BCUT2D eigenvalue weighted by molar-refractivity contribution is 9.10. The van der Waals surface area contributed by atoms with Crippen molar-refractivity contribution < 1.29 is 4.39 Å². The molecule has 1 aromatic heterocycles. The van der Waals surface area contributed by atoms with Gasteiger partial charge in [0.15, 0.2) is 0 Å². The molecule has 0 fully saturated rings. The molecule has 2 unspecified atom stereocenters. The fourth-order valence-corrected chi connectivity index (χ4v) is 2.50. The van der Waals surface area contributed by atoms with Crippen LogP contribution in [-0.4, -0.2) is 11.0 Å². The molecule has 2 N–H and O–H groups in total. The van der Waals surface area contributed by atoms with Crippen LogP contribution in [0.15, 0.2) is 47.2 Å². The Hall–Kier alpha value is -0.970. The van der Waals surface area contributed by atoms with Crippen molar-refractivity contribution in [3.63, 3.8) is 0 Å². The van der Waals surface area contributed by atoms with Crippen molar-refractivity contribution in [2.45, 2.75) is 25.3 Å². The average molecular weight is 360 g/mol.